The summed E-state index contributed by atoms with van der Waals surface area (Å²) in [5.74, 6) is -1.71. The summed E-state index contributed by atoms with van der Waals surface area (Å²) in [6.45, 7) is 0. The van der Waals surface area contributed by atoms with Crippen LogP contribution in [0.3, 0.4) is 0 Å². The summed E-state index contributed by atoms with van der Waals surface area (Å²) in [5.41, 5.74) is 0.991. The summed E-state index contributed by atoms with van der Waals surface area (Å²) in [5, 5.41) is 21.4. The molecule has 1 unspecified atom stereocenters. The number of aliphatic hydroxyl groups excluding tert-OH is 1. The zero-order valence-corrected chi connectivity index (χ0v) is 18.3. The Hall–Kier alpha value is -3.48. The highest BCUT2D eigenvalue weighted by atomic mass is 35.5. The first kappa shape index (κ1) is 21.7. The molecule has 1 fully saturated rings. The Bertz CT molecular complexity index is 1250. The Morgan fingerprint density at radius 1 is 0.969 bits per heavy atom. The van der Waals surface area contributed by atoms with Gasteiger partial charge in [-0.1, -0.05) is 47.5 Å². The molecule has 0 bridgehead atoms. The van der Waals surface area contributed by atoms with Gasteiger partial charge in [0.1, 0.15) is 17.3 Å². The Morgan fingerprint density at radius 3 is 2.31 bits per heavy atom. The van der Waals surface area contributed by atoms with Crippen LogP contribution in [-0.2, 0) is 9.59 Å². The van der Waals surface area contributed by atoms with E-state index < -0.39 is 17.7 Å². The summed E-state index contributed by atoms with van der Waals surface area (Å²) in [6.07, 6.45) is 0. The lowest BCUT2D eigenvalue weighted by atomic mass is 9.94. The Balaban J connectivity index is 1.98. The molecule has 0 radical (unpaired) electrons. The highest BCUT2D eigenvalue weighted by molar-refractivity contribution is 6.52. The fourth-order valence-corrected chi connectivity index (χ4v) is 3.98. The van der Waals surface area contributed by atoms with Gasteiger partial charge in [-0.2, -0.15) is 0 Å². The van der Waals surface area contributed by atoms with Crippen molar-refractivity contribution in [2.45, 2.75) is 6.04 Å². The van der Waals surface area contributed by atoms with Crippen LogP contribution in [-0.4, -0.2) is 29.0 Å². The molecule has 1 saturated heterocycles. The van der Waals surface area contributed by atoms with E-state index in [0.29, 0.717) is 22.0 Å². The number of methoxy groups -OCH3 is 1. The molecule has 1 amide bonds. The highest BCUT2D eigenvalue weighted by Gasteiger charge is 2.47. The second-order valence-electron chi connectivity index (χ2n) is 7.06. The molecule has 0 spiro atoms. The van der Waals surface area contributed by atoms with Gasteiger partial charge in [0, 0.05) is 5.69 Å². The molecule has 1 heterocycles. The lowest BCUT2D eigenvalue weighted by Gasteiger charge is -2.26. The van der Waals surface area contributed by atoms with Crippen LogP contribution >= 0.6 is 23.2 Å². The molecule has 1 atom stereocenters. The van der Waals surface area contributed by atoms with Gasteiger partial charge in [0.2, 0.25) is 0 Å². The summed E-state index contributed by atoms with van der Waals surface area (Å²) in [6, 6.07) is 16.3. The second kappa shape index (κ2) is 8.57. The van der Waals surface area contributed by atoms with Gasteiger partial charge in [-0.3, -0.25) is 14.5 Å². The van der Waals surface area contributed by atoms with Crippen molar-refractivity contribution >= 4 is 46.3 Å². The fourth-order valence-electron chi connectivity index (χ4n) is 3.69. The molecule has 2 N–H and O–H groups in total. The van der Waals surface area contributed by atoms with Crippen molar-refractivity contribution in [3.63, 3.8) is 0 Å². The first-order chi connectivity index (χ1) is 15.3. The van der Waals surface area contributed by atoms with Crippen LogP contribution in [0, 0.1) is 0 Å². The van der Waals surface area contributed by atoms with Crippen LogP contribution < -0.4 is 9.64 Å². The van der Waals surface area contributed by atoms with Crippen LogP contribution in [0.25, 0.3) is 5.76 Å². The van der Waals surface area contributed by atoms with Gasteiger partial charge in [0.25, 0.3) is 11.7 Å². The SMILES string of the molecule is COc1ccccc1/C(O)=C1\C(=O)C(=O)N(c2ccc(Cl)c(Cl)c2)C1c1ccc(O)cc1. The minimum absolute atomic E-state index is 0.0185. The van der Waals surface area contributed by atoms with E-state index in [1.807, 2.05) is 0 Å². The highest BCUT2D eigenvalue weighted by Crippen LogP contribution is 2.44. The number of ether oxygens (including phenoxy) is 1. The van der Waals surface area contributed by atoms with Crippen LogP contribution in [0.15, 0.2) is 72.3 Å². The van der Waals surface area contributed by atoms with Crippen molar-refractivity contribution in [3.8, 4) is 11.5 Å². The summed E-state index contributed by atoms with van der Waals surface area (Å²) in [7, 11) is 1.44. The molecule has 0 aliphatic carbocycles. The van der Waals surface area contributed by atoms with E-state index in [1.165, 1.54) is 36.3 Å². The van der Waals surface area contributed by atoms with Crippen molar-refractivity contribution in [1.82, 2.24) is 0 Å². The van der Waals surface area contributed by atoms with Crippen molar-refractivity contribution in [3.05, 3.63) is 93.5 Å². The van der Waals surface area contributed by atoms with Gasteiger partial charge >= 0.3 is 0 Å². The monoisotopic (exact) mass is 469 g/mol. The smallest absolute Gasteiger partial charge is 0.300 e. The number of phenolic OH excluding ortho intramolecular Hbond substituents is 1. The Labute approximate surface area is 193 Å². The van der Waals surface area contributed by atoms with Crippen LogP contribution in [0.4, 0.5) is 5.69 Å². The number of anilines is 1. The average molecular weight is 470 g/mol. The zero-order chi connectivity index (χ0) is 23.0. The van der Waals surface area contributed by atoms with Gasteiger partial charge < -0.3 is 14.9 Å². The Morgan fingerprint density at radius 2 is 1.66 bits per heavy atom. The minimum atomic E-state index is -0.974. The molecule has 32 heavy (non-hydrogen) atoms. The molecule has 0 aromatic heterocycles. The number of carbonyl (C=O) groups is 2. The molecule has 1 aliphatic heterocycles. The third-order valence-electron chi connectivity index (χ3n) is 5.20. The molecule has 3 aromatic carbocycles. The number of hydrogen-bond donors (Lipinski definition) is 2. The molecular formula is C24H17Cl2NO5. The maximum Gasteiger partial charge on any atom is 0.300 e. The molecule has 4 rings (SSSR count). The third kappa shape index (κ3) is 3.68. The number of Topliss-reactive ketones (excluding diaryl/α,β-unsaturated/α-hetero) is 1. The van der Waals surface area contributed by atoms with Gasteiger partial charge in [-0.05, 0) is 48.0 Å². The van der Waals surface area contributed by atoms with Crippen molar-refractivity contribution in [2.75, 3.05) is 12.0 Å². The number of aliphatic hydroxyl groups is 1. The lowest BCUT2D eigenvalue weighted by Crippen LogP contribution is -2.29. The van der Waals surface area contributed by atoms with Crippen molar-refractivity contribution < 1.29 is 24.5 Å². The van der Waals surface area contributed by atoms with Crippen molar-refractivity contribution in [2.24, 2.45) is 0 Å². The minimum Gasteiger partial charge on any atom is -0.508 e. The lowest BCUT2D eigenvalue weighted by molar-refractivity contribution is -0.132. The normalized spacial score (nSPS) is 17.6. The van der Waals surface area contributed by atoms with E-state index >= 15 is 0 Å². The van der Waals surface area contributed by atoms with E-state index in [0.717, 1.165) is 0 Å². The first-order valence-electron chi connectivity index (χ1n) is 9.52. The molecule has 3 aromatic rings. The molecule has 0 saturated carbocycles. The number of amides is 1. The van der Waals surface area contributed by atoms with Gasteiger partial charge in [-0.15, -0.1) is 0 Å². The number of hydrogen-bond acceptors (Lipinski definition) is 5. The number of carbonyl (C=O) groups excluding carboxylic acids is 2. The second-order valence-corrected chi connectivity index (χ2v) is 7.87. The molecule has 162 valence electrons. The molecule has 8 heteroatoms. The van der Waals surface area contributed by atoms with Crippen molar-refractivity contribution in [1.29, 1.82) is 0 Å². The van der Waals surface area contributed by atoms with Gasteiger partial charge in [0.05, 0.1) is 34.3 Å². The number of rotatable bonds is 4. The number of aromatic hydroxyl groups is 1. The van der Waals surface area contributed by atoms with Crippen LogP contribution in [0.2, 0.25) is 10.0 Å². The number of para-hydroxylation sites is 1. The fraction of sp³-hybridized carbons (Fsp3) is 0.0833. The first-order valence-corrected chi connectivity index (χ1v) is 10.3. The van der Waals surface area contributed by atoms with Crippen LogP contribution in [0.5, 0.6) is 11.5 Å². The van der Waals surface area contributed by atoms with E-state index in [-0.39, 0.29) is 27.7 Å². The number of benzene rings is 3. The Kier molecular flexibility index (Phi) is 5.82. The van der Waals surface area contributed by atoms with Crippen LogP contribution in [0.1, 0.15) is 17.2 Å². The molecule has 6 nitrogen and oxygen atoms in total. The van der Waals surface area contributed by atoms with E-state index in [1.54, 1.807) is 42.5 Å². The largest absolute Gasteiger partial charge is 0.508 e. The predicted octanol–water partition coefficient (Wildman–Crippen LogP) is 5.33. The predicted molar refractivity (Wildman–Crippen MR) is 122 cm³/mol. The maximum absolute atomic E-state index is 13.1. The van der Waals surface area contributed by atoms with Gasteiger partial charge in [-0.25, -0.2) is 0 Å². The third-order valence-corrected chi connectivity index (χ3v) is 5.94. The van der Waals surface area contributed by atoms with E-state index in [2.05, 4.69) is 0 Å². The van der Waals surface area contributed by atoms with E-state index in [4.69, 9.17) is 27.9 Å². The standard InChI is InChI=1S/C24H17Cl2NO5/c1-32-19-5-3-2-4-16(19)22(29)20-21(13-6-9-15(28)10-7-13)27(24(31)23(20)30)14-8-11-17(25)18(26)12-14/h2-12,21,28-29H,1H3/b22-20+. The topological polar surface area (TPSA) is 87.1 Å². The summed E-state index contributed by atoms with van der Waals surface area (Å²) < 4.78 is 5.32. The number of nitrogens with zero attached hydrogens (tertiary/aromatic N) is 1. The summed E-state index contributed by atoms with van der Waals surface area (Å²) >= 11 is 12.2. The number of halogens is 2. The molecule has 1 aliphatic rings. The quantitative estimate of drug-likeness (QED) is 0.306. The number of phenols is 1. The van der Waals surface area contributed by atoms with E-state index in [9.17, 15) is 19.8 Å². The summed E-state index contributed by atoms with van der Waals surface area (Å²) in [4.78, 5) is 27.5. The maximum atomic E-state index is 13.1. The molecular weight excluding hydrogens is 453 g/mol. The number of ketones is 1. The average Bonchev–Trinajstić information content (AvgIpc) is 3.06. The van der Waals surface area contributed by atoms with Gasteiger partial charge in [0.15, 0.2) is 0 Å². The zero-order valence-electron chi connectivity index (χ0n) is 16.8.